The molecule has 41 heavy (non-hydrogen) atoms. The van der Waals surface area contributed by atoms with Gasteiger partial charge < -0.3 is 25.0 Å². The summed E-state index contributed by atoms with van der Waals surface area (Å²) in [6.07, 6.45) is 8.66. The summed E-state index contributed by atoms with van der Waals surface area (Å²) in [5.41, 5.74) is 2.26. The molecule has 0 radical (unpaired) electrons. The Labute approximate surface area is 244 Å². The topological polar surface area (TPSA) is 122 Å². The highest BCUT2D eigenvalue weighted by Crippen LogP contribution is 2.27. The maximum absolute atomic E-state index is 13.2. The van der Waals surface area contributed by atoms with Crippen LogP contribution in [0.4, 0.5) is 10.8 Å². The molecule has 0 bridgehead atoms. The second kappa shape index (κ2) is 14.3. The van der Waals surface area contributed by atoms with Crippen LogP contribution in [0.2, 0.25) is 0 Å². The van der Waals surface area contributed by atoms with E-state index in [9.17, 15) is 9.59 Å². The van der Waals surface area contributed by atoms with Crippen molar-refractivity contribution in [2.24, 2.45) is 0 Å². The maximum atomic E-state index is 13.2. The Hall–Kier alpha value is -3.61. The van der Waals surface area contributed by atoms with Gasteiger partial charge in [0.25, 0.3) is 11.8 Å². The molecule has 2 aliphatic heterocycles. The highest BCUT2D eigenvalue weighted by Gasteiger charge is 2.25. The number of hydrogen-bond donors (Lipinski definition) is 2. The fourth-order valence-corrected chi connectivity index (χ4v) is 5.94. The van der Waals surface area contributed by atoms with Crippen molar-refractivity contribution in [1.29, 1.82) is 0 Å². The fourth-order valence-electron chi connectivity index (χ4n) is 5.08. The van der Waals surface area contributed by atoms with Gasteiger partial charge in [0.15, 0.2) is 5.13 Å². The zero-order chi connectivity index (χ0) is 28.4. The summed E-state index contributed by atoms with van der Waals surface area (Å²) in [5, 5.41) is 8.36. The molecule has 1 aromatic carbocycles. The molecule has 2 N–H and O–H groups in total. The van der Waals surface area contributed by atoms with Gasteiger partial charge in [0.1, 0.15) is 11.8 Å². The van der Waals surface area contributed by atoms with Crippen LogP contribution in [0.1, 0.15) is 58.5 Å². The van der Waals surface area contributed by atoms with Crippen molar-refractivity contribution in [2.45, 2.75) is 44.8 Å². The van der Waals surface area contributed by atoms with Crippen molar-refractivity contribution >= 4 is 34.0 Å². The molecule has 2 aromatic heterocycles. The number of piperidine rings is 2. The third kappa shape index (κ3) is 7.99. The number of rotatable bonds is 11. The molecule has 0 saturated carbocycles. The van der Waals surface area contributed by atoms with Gasteiger partial charge in [0.05, 0.1) is 17.9 Å². The second-order valence-corrected chi connectivity index (χ2v) is 11.1. The van der Waals surface area contributed by atoms with Gasteiger partial charge in [-0.05, 0) is 49.7 Å². The van der Waals surface area contributed by atoms with Crippen LogP contribution >= 0.6 is 11.3 Å². The van der Waals surface area contributed by atoms with Gasteiger partial charge >= 0.3 is 6.01 Å². The van der Waals surface area contributed by atoms with Gasteiger partial charge in [0.2, 0.25) is 0 Å². The van der Waals surface area contributed by atoms with Gasteiger partial charge in [-0.25, -0.2) is 15.0 Å². The molecule has 0 unspecified atom stereocenters. The minimum absolute atomic E-state index is 0.0442. The molecular formula is C29H37N7O4S. The monoisotopic (exact) mass is 579 g/mol. The summed E-state index contributed by atoms with van der Waals surface area (Å²) in [6, 6.07) is 7.83. The Morgan fingerprint density at radius 1 is 1.05 bits per heavy atom. The van der Waals surface area contributed by atoms with Crippen molar-refractivity contribution < 1.29 is 19.1 Å². The summed E-state index contributed by atoms with van der Waals surface area (Å²) in [6.45, 7) is 5.22. The van der Waals surface area contributed by atoms with Gasteiger partial charge in [-0.15, -0.1) is 11.3 Å². The maximum Gasteiger partial charge on any atom is 0.316 e. The van der Waals surface area contributed by atoms with E-state index in [2.05, 4.69) is 35.4 Å². The number of anilines is 2. The van der Waals surface area contributed by atoms with Crippen molar-refractivity contribution in [3.05, 3.63) is 58.9 Å². The molecule has 0 spiro atoms. The fraction of sp³-hybridized carbons (Fsp3) is 0.483. The predicted octanol–water partition coefficient (Wildman–Crippen LogP) is 3.60. The van der Waals surface area contributed by atoms with Crippen LogP contribution in [0.5, 0.6) is 6.01 Å². The lowest BCUT2D eigenvalue weighted by atomic mass is 10.1. The first-order chi connectivity index (χ1) is 20.1. The number of carbonyl (C=O) groups excluding carboxylic acids is 2. The van der Waals surface area contributed by atoms with Crippen LogP contribution in [0.3, 0.4) is 0 Å². The van der Waals surface area contributed by atoms with E-state index in [0.717, 1.165) is 56.3 Å². The van der Waals surface area contributed by atoms with E-state index < -0.39 is 0 Å². The Morgan fingerprint density at radius 2 is 1.83 bits per heavy atom. The molecule has 11 nitrogen and oxygen atoms in total. The van der Waals surface area contributed by atoms with Crippen LogP contribution in [0.15, 0.2) is 42.0 Å². The smallest absolute Gasteiger partial charge is 0.316 e. The summed E-state index contributed by atoms with van der Waals surface area (Å²) in [5.74, 6) is -0.593. The number of nitrogens with zero attached hydrogens (tertiary/aromatic N) is 5. The number of methoxy groups -OCH3 is 1. The quantitative estimate of drug-likeness (QED) is 0.328. The Morgan fingerprint density at radius 3 is 2.59 bits per heavy atom. The zero-order valence-electron chi connectivity index (χ0n) is 23.4. The third-order valence-electron chi connectivity index (χ3n) is 7.27. The first-order valence-electron chi connectivity index (χ1n) is 14.2. The van der Waals surface area contributed by atoms with E-state index in [4.69, 9.17) is 9.47 Å². The number of nitrogens with one attached hydrogen (secondary N) is 2. The number of amides is 2. The minimum atomic E-state index is -0.346. The molecule has 4 heterocycles. The number of thiazole rings is 1. The summed E-state index contributed by atoms with van der Waals surface area (Å²) in [7, 11) is 1.59. The van der Waals surface area contributed by atoms with Crippen LogP contribution in [0.25, 0.3) is 0 Å². The zero-order valence-corrected chi connectivity index (χ0v) is 24.2. The average Bonchev–Trinajstić information content (AvgIpc) is 3.50. The van der Waals surface area contributed by atoms with Crippen molar-refractivity contribution in [3.8, 4) is 6.01 Å². The van der Waals surface area contributed by atoms with E-state index in [-0.39, 0.29) is 17.9 Å². The number of aromatic nitrogens is 3. The van der Waals surface area contributed by atoms with E-state index in [1.54, 1.807) is 30.9 Å². The normalized spacial score (nSPS) is 16.4. The molecule has 2 fully saturated rings. The summed E-state index contributed by atoms with van der Waals surface area (Å²) in [4.78, 5) is 43.8. The van der Waals surface area contributed by atoms with Crippen molar-refractivity contribution in [2.75, 3.05) is 56.7 Å². The van der Waals surface area contributed by atoms with Crippen LogP contribution in [-0.2, 0) is 11.3 Å². The van der Waals surface area contributed by atoms with Gasteiger partial charge in [-0.3, -0.25) is 14.5 Å². The molecular weight excluding hydrogens is 542 g/mol. The summed E-state index contributed by atoms with van der Waals surface area (Å²) >= 11 is 1.44. The van der Waals surface area contributed by atoms with Crippen molar-refractivity contribution in [1.82, 2.24) is 25.2 Å². The van der Waals surface area contributed by atoms with Crippen LogP contribution in [0, 0.1) is 0 Å². The molecule has 12 heteroatoms. The second-order valence-electron chi connectivity index (χ2n) is 10.3. The Balaban J connectivity index is 1.22. The number of hydrogen-bond acceptors (Lipinski definition) is 10. The predicted molar refractivity (Wildman–Crippen MR) is 158 cm³/mol. The highest BCUT2D eigenvalue weighted by atomic mass is 32.1. The molecule has 2 amide bonds. The van der Waals surface area contributed by atoms with E-state index in [1.807, 2.05) is 18.2 Å². The molecule has 3 aromatic rings. The lowest BCUT2D eigenvalue weighted by Crippen LogP contribution is -2.38. The molecule has 0 aliphatic carbocycles. The lowest BCUT2D eigenvalue weighted by Gasteiger charge is -2.31. The standard InChI is InChI=1S/C29H37N7O4S/c1-39-17-12-30-26(37)23-18-21(19-35-13-3-2-4-14-35)6-7-24(23)33-27(38)25-20-41-29(34-25)36-15-8-22(9-16-36)40-28-31-10-5-11-32-28/h5-7,10-11,18,20,22H,2-4,8-9,12-17,19H2,1H3,(H,30,37)(H,33,38). The number of benzene rings is 1. The number of carbonyl (C=O) groups is 2. The van der Waals surface area contributed by atoms with Crippen LogP contribution < -0.4 is 20.3 Å². The van der Waals surface area contributed by atoms with Gasteiger partial charge in [-0.2, -0.15) is 0 Å². The Kier molecular flexibility index (Phi) is 10.1. The van der Waals surface area contributed by atoms with E-state index in [1.165, 1.54) is 30.6 Å². The van der Waals surface area contributed by atoms with Crippen molar-refractivity contribution in [3.63, 3.8) is 0 Å². The van der Waals surface area contributed by atoms with Crippen LogP contribution in [-0.4, -0.2) is 84.2 Å². The lowest BCUT2D eigenvalue weighted by molar-refractivity contribution is 0.0937. The largest absolute Gasteiger partial charge is 0.460 e. The Bertz CT molecular complexity index is 1290. The molecule has 218 valence electrons. The van der Waals surface area contributed by atoms with E-state index in [0.29, 0.717) is 36.1 Å². The minimum Gasteiger partial charge on any atom is -0.460 e. The third-order valence-corrected chi connectivity index (χ3v) is 8.18. The van der Waals surface area contributed by atoms with E-state index >= 15 is 0 Å². The highest BCUT2D eigenvalue weighted by molar-refractivity contribution is 7.14. The SMILES string of the molecule is COCCNC(=O)c1cc(CN2CCCCC2)ccc1NC(=O)c1csc(N2CCC(Oc3ncccn3)CC2)n1. The van der Waals surface area contributed by atoms with Gasteiger partial charge in [-0.1, -0.05) is 12.5 Å². The number of likely N-dealkylation sites (tertiary alicyclic amines) is 1. The van der Waals surface area contributed by atoms with Gasteiger partial charge in [0, 0.05) is 63.9 Å². The molecule has 2 aliphatic rings. The molecule has 0 atom stereocenters. The first kappa shape index (κ1) is 28.9. The molecule has 2 saturated heterocycles. The summed E-state index contributed by atoms with van der Waals surface area (Å²) < 4.78 is 11.0. The molecule has 5 rings (SSSR count). The average molecular weight is 580 g/mol. The first-order valence-corrected chi connectivity index (χ1v) is 15.0. The number of ether oxygens (including phenoxy) is 2.